The minimum Gasteiger partial charge on any atom is -0.381 e. The highest BCUT2D eigenvalue weighted by atomic mass is 35.5. The second kappa shape index (κ2) is 11.0. The summed E-state index contributed by atoms with van der Waals surface area (Å²) >= 11 is 6.43. The largest absolute Gasteiger partial charge is 0.381 e. The average Bonchev–Trinajstić information content (AvgIpc) is 2.86. The average molecular weight is 491 g/mol. The molecule has 2 saturated heterocycles. The van der Waals surface area contributed by atoms with Crippen LogP contribution in [0.15, 0.2) is 30.5 Å². The molecule has 0 spiro atoms. The van der Waals surface area contributed by atoms with E-state index in [1.807, 2.05) is 0 Å². The number of ether oxygens (including phenoxy) is 2. The maximum absolute atomic E-state index is 14.6. The van der Waals surface area contributed by atoms with E-state index in [1.54, 1.807) is 25.3 Å². The number of halogens is 2. The van der Waals surface area contributed by atoms with Crippen LogP contribution in [-0.4, -0.2) is 55.9 Å². The first kappa shape index (κ1) is 24.9. The van der Waals surface area contributed by atoms with E-state index in [4.69, 9.17) is 21.1 Å². The number of amides is 1. The fourth-order valence-electron chi connectivity index (χ4n) is 4.46. The quantitative estimate of drug-likeness (QED) is 0.531. The molecule has 2 fully saturated rings. The van der Waals surface area contributed by atoms with Crippen molar-refractivity contribution in [3.05, 3.63) is 41.3 Å². The molecular weight excluding hydrogens is 459 g/mol. The lowest BCUT2D eigenvalue weighted by Gasteiger charge is -2.36. The molecule has 1 amide bonds. The van der Waals surface area contributed by atoms with E-state index >= 15 is 0 Å². The summed E-state index contributed by atoms with van der Waals surface area (Å²) in [4.78, 5) is 17.0. The molecule has 1 aromatic carbocycles. The van der Waals surface area contributed by atoms with Gasteiger partial charge in [-0.05, 0) is 43.5 Å². The van der Waals surface area contributed by atoms with Gasteiger partial charge >= 0.3 is 0 Å². The van der Waals surface area contributed by atoms with Crippen LogP contribution in [0, 0.1) is 11.7 Å². The van der Waals surface area contributed by atoms with Crippen molar-refractivity contribution in [3.63, 3.8) is 0 Å². The third-order valence-corrected chi connectivity index (χ3v) is 7.15. The summed E-state index contributed by atoms with van der Waals surface area (Å²) in [6.45, 7) is 4.47. The highest BCUT2D eigenvalue weighted by Gasteiger charge is 2.32. The Kier molecular flexibility index (Phi) is 8.03. The van der Waals surface area contributed by atoms with Crippen molar-refractivity contribution in [2.75, 3.05) is 44.0 Å². The lowest BCUT2D eigenvalue weighted by Crippen LogP contribution is -2.44. The van der Waals surface area contributed by atoms with Gasteiger partial charge in [0.2, 0.25) is 5.91 Å². The topological polar surface area (TPSA) is 84.5 Å². The third-order valence-electron chi connectivity index (χ3n) is 6.85. The zero-order valence-electron chi connectivity index (χ0n) is 19.6. The Labute approximate surface area is 204 Å². The van der Waals surface area contributed by atoms with Crippen LogP contribution in [0.1, 0.15) is 32.6 Å². The van der Waals surface area contributed by atoms with Gasteiger partial charge in [0.25, 0.3) is 0 Å². The minimum absolute atomic E-state index is 0.0667. The van der Waals surface area contributed by atoms with Crippen LogP contribution >= 0.6 is 11.6 Å². The Balaban J connectivity index is 1.49. The van der Waals surface area contributed by atoms with E-state index in [1.165, 1.54) is 12.3 Å². The molecule has 0 saturated carbocycles. The van der Waals surface area contributed by atoms with Crippen LogP contribution in [0.25, 0.3) is 11.1 Å². The number of pyridine rings is 1. The van der Waals surface area contributed by atoms with Gasteiger partial charge in [0.1, 0.15) is 11.6 Å². The standard InChI is InChI=1S/C25H32ClFN4O3/c1-16-3-4-18(13-28-16)24(32)31-23-12-19(20(26)14-29-23)17-5-6-21(27)22(11-17)30-15-25(33-2)7-9-34-10-8-25/h5-6,11-12,14,16,18,28,30H,3-4,7-10,13,15H2,1-2H3,(H,29,31,32)/t16-,18-/m1/s1. The van der Waals surface area contributed by atoms with Crippen molar-refractivity contribution in [1.82, 2.24) is 10.3 Å². The molecule has 2 aliphatic heterocycles. The summed E-state index contributed by atoms with van der Waals surface area (Å²) < 4.78 is 25.8. The number of carbonyl (C=O) groups is 1. The molecule has 184 valence electrons. The van der Waals surface area contributed by atoms with Gasteiger partial charge < -0.3 is 25.4 Å². The number of piperidine rings is 1. The number of nitrogens with zero attached hydrogens (tertiary/aromatic N) is 1. The number of hydrogen-bond acceptors (Lipinski definition) is 6. The molecule has 1 aromatic heterocycles. The van der Waals surface area contributed by atoms with Gasteiger partial charge in [-0.2, -0.15) is 0 Å². The Bertz CT molecular complexity index is 1010. The highest BCUT2D eigenvalue weighted by molar-refractivity contribution is 6.33. The fraction of sp³-hybridized carbons (Fsp3) is 0.520. The summed E-state index contributed by atoms with van der Waals surface area (Å²) in [5.41, 5.74) is 1.36. The molecule has 0 unspecified atom stereocenters. The molecule has 2 aliphatic rings. The molecule has 34 heavy (non-hydrogen) atoms. The van der Waals surface area contributed by atoms with Crippen LogP contribution in [0.3, 0.4) is 0 Å². The number of aromatic nitrogens is 1. The molecular formula is C25H32ClFN4O3. The van der Waals surface area contributed by atoms with Gasteiger partial charge in [0, 0.05) is 64.1 Å². The molecule has 0 aliphatic carbocycles. The van der Waals surface area contributed by atoms with Gasteiger partial charge in [-0.25, -0.2) is 9.37 Å². The second-order valence-electron chi connectivity index (χ2n) is 9.17. The SMILES string of the molecule is COC1(CNc2cc(-c3cc(NC(=O)[C@@H]4CC[C@@H](C)NC4)ncc3Cl)ccc2F)CCOCC1. The Morgan fingerprint density at radius 3 is 2.82 bits per heavy atom. The second-order valence-corrected chi connectivity index (χ2v) is 9.58. The summed E-state index contributed by atoms with van der Waals surface area (Å²) in [5, 5.41) is 9.87. The lowest BCUT2D eigenvalue weighted by atomic mass is 9.93. The van der Waals surface area contributed by atoms with Crippen LogP contribution in [0.2, 0.25) is 5.02 Å². The van der Waals surface area contributed by atoms with Crippen LogP contribution in [0.4, 0.5) is 15.9 Å². The van der Waals surface area contributed by atoms with Crippen LogP contribution in [-0.2, 0) is 14.3 Å². The van der Waals surface area contributed by atoms with E-state index in [-0.39, 0.29) is 17.6 Å². The molecule has 7 nitrogen and oxygen atoms in total. The molecule has 2 aromatic rings. The zero-order valence-corrected chi connectivity index (χ0v) is 20.4. The van der Waals surface area contributed by atoms with Gasteiger partial charge in [0.15, 0.2) is 0 Å². The lowest BCUT2D eigenvalue weighted by molar-refractivity contribution is -0.120. The first-order chi connectivity index (χ1) is 16.4. The Morgan fingerprint density at radius 1 is 1.32 bits per heavy atom. The van der Waals surface area contributed by atoms with Crippen molar-refractivity contribution in [3.8, 4) is 11.1 Å². The molecule has 2 atom stereocenters. The normalized spacial score (nSPS) is 22.2. The summed E-state index contributed by atoms with van der Waals surface area (Å²) in [7, 11) is 1.68. The first-order valence-corrected chi connectivity index (χ1v) is 12.1. The molecule has 3 N–H and O–H groups in total. The third kappa shape index (κ3) is 5.86. The van der Waals surface area contributed by atoms with E-state index in [0.29, 0.717) is 54.4 Å². The number of hydrogen-bond donors (Lipinski definition) is 3. The number of rotatable bonds is 7. The molecule has 4 rings (SSSR count). The van der Waals surface area contributed by atoms with Gasteiger partial charge in [0.05, 0.1) is 22.2 Å². The zero-order chi connectivity index (χ0) is 24.1. The minimum atomic E-state index is -0.391. The van der Waals surface area contributed by atoms with E-state index < -0.39 is 5.60 Å². The number of anilines is 2. The monoisotopic (exact) mass is 490 g/mol. The molecule has 0 radical (unpaired) electrons. The smallest absolute Gasteiger partial charge is 0.229 e. The molecule has 9 heteroatoms. The van der Waals surface area contributed by atoms with Crippen LogP contribution in [0.5, 0.6) is 0 Å². The maximum Gasteiger partial charge on any atom is 0.229 e. The van der Waals surface area contributed by atoms with E-state index in [9.17, 15) is 9.18 Å². The Hall–Kier alpha value is -2.26. The predicted molar refractivity (Wildman–Crippen MR) is 132 cm³/mol. The molecule has 0 bridgehead atoms. The summed E-state index contributed by atoms with van der Waals surface area (Å²) in [6.07, 6.45) is 4.79. The van der Waals surface area contributed by atoms with E-state index in [0.717, 1.165) is 31.2 Å². The fourth-order valence-corrected chi connectivity index (χ4v) is 4.67. The van der Waals surface area contributed by atoms with Crippen LogP contribution < -0.4 is 16.0 Å². The van der Waals surface area contributed by atoms with Crippen molar-refractivity contribution in [2.24, 2.45) is 5.92 Å². The Morgan fingerprint density at radius 2 is 2.12 bits per heavy atom. The molecule has 3 heterocycles. The summed E-state index contributed by atoms with van der Waals surface area (Å²) in [6, 6.07) is 6.95. The maximum atomic E-state index is 14.6. The predicted octanol–water partition coefficient (Wildman–Crippen LogP) is 4.48. The summed E-state index contributed by atoms with van der Waals surface area (Å²) in [5.74, 6) is -0.109. The van der Waals surface area contributed by atoms with Gasteiger partial charge in [-0.15, -0.1) is 0 Å². The highest BCUT2D eigenvalue weighted by Crippen LogP contribution is 2.33. The van der Waals surface area contributed by atoms with Gasteiger partial charge in [-0.1, -0.05) is 17.7 Å². The van der Waals surface area contributed by atoms with Crippen molar-refractivity contribution >= 4 is 29.0 Å². The number of benzene rings is 1. The van der Waals surface area contributed by atoms with Crippen molar-refractivity contribution < 1.29 is 18.7 Å². The van der Waals surface area contributed by atoms with Gasteiger partial charge in [-0.3, -0.25) is 4.79 Å². The van der Waals surface area contributed by atoms with E-state index in [2.05, 4.69) is 27.9 Å². The first-order valence-electron chi connectivity index (χ1n) is 11.8. The number of carbonyl (C=O) groups excluding carboxylic acids is 1. The van der Waals surface area contributed by atoms with Crippen molar-refractivity contribution in [1.29, 1.82) is 0 Å². The number of nitrogens with one attached hydrogen (secondary N) is 3. The number of methoxy groups -OCH3 is 1. The van der Waals surface area contributed by atoms with Crippen molar-refractivity contribution in [2.45, 2.75) is 44.2 Å².